The van der Waals surface area contributed by atoms with Crippen molar-refractivity contribution in [3.05, 3.63) is 60.7 Å². The molecular formula is C47H57N7O10S. The number of ether oxygens (including phenoxy) is 4. The Labute approximate surface area is 378 Å². The van der Waals surface area contributed by atoms with E-state index in [-0.39, 0.29) is 37.5 Å². The maximum Gasteiger partial charge on any atom is 0.408 e. The minimum atomic E-state index is -3.93. The molecule has 0 spiro atoms. The van der Waals surface area contributed by atoms with Gasteiger partial charge in [0, 0.05) is 24.0 Å². The summed E-state index contributed by atoms with van der Waals surface area (Å²) in [6.07, 6.45) is 9.81. The fourth-order valence-electron chi connectivity index (χ4n) is 9.38. The molecule has 65 heavy (non-hydrogen) atoms. The molecule has 0 unspecified atom stereocenters. The number of rotatable bonds is 11. The van der Waals surface area contributed by atoms with Gasteiger partial charge in [-0.05, 0) is 114 Å². The molecule has 2 aromatic carbocycles. The predicted octanol–water partition coefficient (Wildman–Crippen LogP) is 5.73. The first kappa shape index (κ1) is 44.3. The van der Waals surface area contributed by atoms with Crippen molar-refractivity contribution in [2.45, 2.75) is 139 Å². The molecule has 3 saturated carbocycles. The van der Waals surface area contributed by atoms with E-state index >= 15 is 0 Å². The summed E-state index contributed by atoms with van der Waals surface area (Å²) >= 11 is 0. The zero-order valence-electron chi connectivity index (χ0n) is 37.0. The van der Waals surface area contributed by atoms with Crippen LogP contribution in [0.2, 0.25) is 0 Å². The van der Waals surface area contributed by atoms with Crippen LogP contribution in [0, 0.1) is 5.92 Å². The summed E-state index contributed by atoms with van der Waals surface area (Å²) in [7, 11) is -2.37. The Bertz CT molecular complexity index is 2610. The van der Waals surface area contributed by atoms with Crippen molar-refractivity contribution in [1.29, 1.82) is 0 Å². The van der Waals surface area contributed by atoms with E-state index in [1.54, 1.807) is 23.8 Å². The largest absolute Gasteiger partial charge is 0.494 e. The molecule has 5 aliphatic rings. The summed E-state index contributed by atoms with van der Waals surface area (Å²) in [4.78, 5) is 63.4. The second-order valence-electron chi connectivity index (χ2n) is 18.3. The Balaban J connectivity index is 1.07. The number of carbonyl (C=O) groups is 4. The first-order chi connectivity index (χ1) is 31.3. The molecular weight excluding hydrogens is 855 g/mol. The van der Waals surface area contributed by atoms with Crippen LogP contribution in [0.1, 0.15) is 97.3 Å². The van der Waals surface area contributed by atoms with E-state index in [4.69, 9.17) is 29.0 Å². The van der Waals surface area contributed by atoms with Crippen LogP contribution in [0.15, 0.2) is 60.7 Å². The molecule has 4 aromatic rings. The van der Waals surface area contributed by atoms with E-state index in [1.165, 1.54) is 4.90 Å². The first-order valence-corrected chi connectivity index (χ1v) is 24.5. The second-order valence-corrected chi connectivity index (χ2v) is 20.2. The molecule has 3 N–H and O–H groups in total. The molecule has 0 radical (unpaired) electrons. The highest BCUT2D eigenvalue weighted by Crippen LogP contribution is 2.46. The zero-order valence-corrected chi connectivity index (χ0v) is 37.8. The number of nitrogens with zero attached hydrogens (tertiary/aromatic N) is 4. The molecule has 4 amide bonds. The van der Waals surface area contributed by atoms with Gasteiger partial charge in [0.05, 0.1) is 36.1 Å². The average Bonchev–Trinajstić information content (AvgIpc) is 4.09. The lowest BCUT2D eigenvalue weighted by atomic mass is 10.0. The molecule has 18 heteroatoms. The number of hydrogen-bond acceptors (Lipinski definition) is 12. The van der Waals surface area contributed by atoms with Gasteiger partial charge in [-0.3, -0.25) is 19.1 Å². The molecule has 9 rings (SSSR count). The van der Waals surface area contributed by atoms with Crippen LogP contribution in [0.4, 0.5) is 4.79 Å². The molecule has 4 heterocycles. The fraction of sp³-hybridized carbons (Fsp3) is 0.532. The summed E-state index contributed by atoms with van der Waals surface area (Å²) in [5, 5.41) is 10.7. The number of carbonyl (C=O) groups excluding carboxylic acids is 4. The van der Waals surface area contributed by atoms with Gasteiger partial charge in [-0.25, -0.2) is 18.2 Å². The standard InChI is InChI=1S/C47H57N7O10S/c1-28(2)62-32-20-18-29(19-21-32)37-25-40(54-42(48-37)35-15-11-17-39(61-3)41(35)51-54)63-33-24-38-43(55)50-47(45(57)52-65(59,60)34-22-23-34)26-30(47)12-7-5-4-6-8-16-36(44(56)53(38)27-33)49-46(58)64-31-13-9-10-14-31/h7,11-12,15,17-21,25,28,30-31,33-34,36,38H,4-6,8-10,13-14,16,22-24,26-27H2,1-3H3,(H,49,58)(H,50,55)(H,52,57)/b12-7-/t30-,33-,36+,38+,47-/m1/s1. The second kappa shape index (κ2) is 18.2. The van der Waals surface area contributed by atoms with Gasteiger partial charge in [-0.1, -0.05) is 31.1 Å². The fourth-order valence-corrected chi connectivity index (χ4v) is 10.7. The quantitative estimate of drug-likeness (QED) is 0.154. The lowest BCUT2D eigenvalue weighted by molar-refractivity contribution is -0.141. The number of amides is 4. The Morgan fingerprint density at radius 1 is 0.954 bits per heavy atom. The van der Waals surface area contributed by atoms with Gasteiger partial charge in [0.2, 0.25) is 27.7 Å². The van der Waals surface area contributed by atoms with Crippen molar-refractivity contribution >= 4 is 50.4 Å². The van der Waals surface area contributed by atoms with Gasteiger partial charge in [-0.15, -0.1) is 0 Å². The van der Waals surface area contributed by atoms with Crippen LogP contribution >= 0.6 is 0 Å². The average molecular weight is 912 g/mol. The Morgan fingerprint density at radius 3 is 2.46 bits per heavy atom. The zero-order chi connectivity index (χ0) is 45.5. The predicted molar refractivity (Wildman–Crippen MR) is 240 cm³/mol. The topological polar surface area (TPSA) is 209 Å². The molecule has 2 aromatic heterocycles. The Kier molecular flexibility index (Phi) is 12.4. The summed E-state index contributed by atoms with van der Waals surface area (Å²) < 4.78 is 54.0. The van der Waals surface area contributed by atoms with Gasteiger partial charge >= 0.3 is 6.09 Å². The van der Waals surface area contributed by atoms with Gasteiger partial charge in [0.25, 0.3) is 5.91 Å². The van der Waals surface area contributed by atoms with Crippen molar-refractivity contribution in [1.82, 2.24) is 34.9 Å². The van der Waals surface area contributed by atoms with Crippen LogP contribution < -0.4 is 29.6 Å². The minimum Gasteiger partial charge on any atom is -0.494 e. The van der Waals surface area contributed by atoms with Gasteiger partial charge in [-0.2, -0.15) is 9.61 Å². The van der Waals surface area contributed by atoms with Crippen LogP contribution in [0.25, 0.3) is 27.8 Å². The highest BCUT2D eigenvalue weighted by Gasteiger charge is 2.62. The number of alkyl carbamates (subject to hydrolysis) is 1. The lowest BCUT2D eigenvalue weighted by Gasteiger charge is -2.30. The van der Waals surface area contributed by atoms with Crippen LogP contribution in [0.3, 0.4) is 0 Å². The van der Waals surface area contributed by atoms with Crippen molar-refractivity contribution in [3.8, 4) is 28.6 Å². The third-order valence-corrected chi connectivity index (χ3v) is 14.9. The summed E-state index contributed by atoms with van der Waals surface area (Å²) in [5.74, 6) is -0.862. The third kappa shape index (κ3) is 9.45. The van der Waals surface area contributed by atoms with Crippen molar-refractivity contribution in [3.63, 3.8) is 0 Å². The minimum absolute atomic E-state index is 0.000111. The van der Waals surface area contributed by atoms with Crippen LogP contribution in [-0.4, -0.2) is 107 Å². The monoisotopic (exact) mass is 911 g/mol. The summed E-state index contributed by atoms with van der Waals surface area (Å²) in [6, 6.07) is 12.7. The van der Waals surface area contributed by atoms with Crippen molar-refractivity contribution in [2.75, 3.05) is 13.7 Å². The van der Waals surface area contributed by atoms with Crippen LogP contribution in [-0.2, 0) is 29.1 Å². The number of benzene rings is 2. The molecule has 346 valence electrons. The van der Waals surface area contributed by atoms with E-state index in [1.807, 2.05) is 62.4 Å². The Hall–Kier alpha value is -5.91. The molecule has 4 fully saturated rings. The molecule has 2 aliphatic heterocycles. The molecule has 0 bridgehead atoms. The van der Waals surface area contributed by atoms with E-state index in [0.29, 0.717) is 65.8 Å². The highest BCUT2D eigenvalue weighted by atomic mass is 32.2. The number of methoxy groups -OCH3 is 1. The molecule has 1 saturated heterocycles. The maximum atomic E-state index is 14.9. The molecule has 17 nitrogen and oxygen atoms in total. The van der Waals surface area contributed by atoms with E-state index in [9.17, 15) is 27.6 Å². The number of nitrogens with one attached hydrogen (secondary N) is 3. The van der Waals surface area contributed by atoms with Gasteiger partial charge in [0.1, 0.15) is 46.8 Å². The smallest absolute Gasteiger partial charge is 0.408 e. The summed E-state index contributed by atoms with van der Waals surface area (Å²) in [6.45, 7) is 3.85. The number of sulfonamides is 1. The number of hydrogen-bond donors (Lipinski definition) is 3. The SMILES string of the molecule is COc1cccc2c1nn1c(O[C@@H]3C[C@H]4C(=O)N[C@]5(C(=O)NS(=O)(=O)C6CC6)C[C@H]5/C=C\CCCCC[C@H](NC(=O)OC5CCCC5)C(=O)N4C3)cc(-c3ccc(OC(C)C)cc3)nc21. The van der Waals surface area contributed by atoms with Gasteiger partial charge < -0.3 is 34.5 Å². The van der Waals surface area contributed by atoms with Crippen LogP contribution in [0.5, 0.6) is 17.4 Å². The number of aromatic nitrogens is 3. The number of allylic oxidation sites excluding steroid dienone is 1. The first-order valence-electron chi connectivity index (χ1n) is 22.9. The molecule has 3 aliphatic carbocycles. The summed E-state index contributed by atoms with van der Waals surface area (Å²) in [5.41, 5.74) is 0.849. The molecule has 5 atom stereocenters. The lowest BCUT2D eigenvalue weighted by Crippen LogP contribution is -2.58. The normalized spacial score (nSPS) is 25.8. The van der Waals surface area contributed by atoms with Crippen molar-refractivity contribution in [2.24, 2.45) is 5.92 Å². The van der Waals surface area contributed by atoms with E-state index < -0.39 is 68.7 Å². The van der Waals surface area contributed by atoms with E-state index in [0.717, 1.165) is 44.1 Å². The highest BCUT2D eigenvalue weighted by molar-refractivity contribution is 7.91. The Morgan fingerprint density at radius 2 is 1.72 bits per heavy atom. The maximum absolute atomic E-state index is 14.9. The van der Waals surface area contributed by atoms with Crippen molar-refractivity contribution < 1.29 is 46.5 Å². The number of fused-ring (bicyclic) bond motifs is 5. The third-order valence-electron chi connectivity index (χ3n) is 13.1. The van der Waals surface area contributed by atoms with E-state index in [2.05, 4.69) is 15.4 Å². The van der Waals surface area contributed by atoms with Gasteiger partial charge in [0.15, 0.2) is 5.65 Å².